The zero-order valence-electron chi connectivity index (χ0n) is 22.2. The monoisotopic (exact) mass is 599 g/mol. The maximum Gasteiger partial charge on any atom is 0.277 e. The number of nitrogens with zero attached hydrogens (tertiary/aromatic N) is 5. The van der Waals surface area contributed by atoms with Crippen molar-refractivity contribution in [2.24, 2.45) is 5.16 Å². The molecule has 6 rings (SSSR count). The Balaban J connectivity index is 1.35. The lowest BCUT2D eigenvalue weighted by Crippen LogP contribution is -2.49. The molecule has 0 aromatic heterocycles. The Morgan fingerprint density at radius 2 is 1.45 bits per heavy atom. The van der Waals surface area contributed by atoms with Gasteiger partial charge in [0.15, 0.2) is 0 Å². The number of anilines is 2. The Bertz CT molecular complexity index is 1640. The van der Waals surface area contributed by atoms with Crippen molar-refractivity contribution in [2.75, 3.05) is 23.1 Å². The van der Waals surface area contributed by atoms with Gasteiger partial charge < -0.3 is 0 Å². The van der Waals surface area contributed by atoms with Gasteiger partial charge in [-0.05, 0) is 91.9 Å². The summed E-state index contributed by atoms with van der Waals surface area (Å²) >= 11 is 13.2. The van der Waals surface area contributed by atoms with E-state index in [2.05, 4.69) is 5.16 Å². The number of halogens is 2. The van der Waals surface area contributed by atoms with Crippen LogP contribution in [0.15, 0.2) is 58.6 Å². The van der Waals surface area contributed by atoms with E-state index in [4.69, 9.17) is 28.1 Å². The van der Waals surface area contributed by atoms with Crippen LogP contribution in [0.1, 0.15) is 51.9 Å². The van der Waals surface area contributed by atoms with E-state index in [0.717, 1.165) is 36.0 Å². The quantitative estimate of drug-likeness (QED) is 0.365. The molecule has 1 saturated heterocycles. The summed E-state index contributed by atoms with van der Waals surface area (Å²) in [6, 6.07) is 13.3. The molecule has 3 aliphatic heterocycles. The number of hydrazine groups is 2. The molecule has 0 atom stereocenters. The fraction of sp³-hybridized carbons (Fsp3) is 0.286. The molecule has 208 valence electrons. The molecule has 3 aromatic carbocycles. The zero-order valence-corrected chi connectivity index (χ0v) is 24.5. The summed E-state index contributed by atoms with van der Waals surface area (Å²) < 4.78 is 27.7. The summed E-state index contributed by atoms with van der Waals surface area (Å²) in [6.45, 7) is 6.66. The number of hydrogen-bond acceptors (Lipinski definition) is 7. The van der Waals surface area contributed by atoms with Crippen molar-refractivity contribution >= 4 is 56.3 Å². The Morgan fingerprint density at radius 1 is 0.850 bits per heavy atom. The molecule has 0 spiro atoms. The van der Waals surface area contributed by atoms with Crippen LogP contribution >= 0.6 is 23.2 Å². The molecule has 3 heterocycles. The molecule has 0 saturated carbocycles. The van der Waals surface area contributed by atoms with E-state index < -0.39 is 15.9 Å². The molecular formula is C28H27Cl2N5O4S. The van der Waals surface area contributed by atoms with Crippen LogP contribution in [0, 0.1) is 20.8 Å². The minimum atomic E-state index is -3.62. The largest absolute Gasteiger partial charge is 0.277 e. The first-order chi connectivity index (χ1) is 19.1. The molecule has 12 heteroatoms. The number of benzene rings is 3. The Hall–Kier alpha value is -3.15. The molecular weight excluding hydrogens is 573 g/mol. The van der Waals surface area contributed by atoms with Crippen molar-refractivity contribution < 1.29 is 18.2 Å². The van der Waals surface area contributed by atoms with Crippen LogP contribution in [-0.4, -0.2) is 42.8 Å². The molecule has 9 nitrogen and oxygen atoms in total. The second kappa shape index (κ2) is 10.0. The average molecular weight is 601 g/mol. The number of para-hydroxylation sites is 2. The summed E-state index contributed by atoms with van der Waals surface area (Å²) in [7, 11) is -3.62. The van der Waals surface area contributed by atoms with Gasteiger partial charge in [0.05, 0.1) is 21.6 Å². The van der Waals surface area contributed by atoms with Gasteiger partial charge in [0.25, 0.3) is 5.91 Å². The van der Waals surface area contributed by atoms with E-state index in [-0.39, 0.29) is 4.90 Å². The number of piperidine rings is 1. The maximum absolute atomic E-state index is 13.9. The minimum absolute atomic E-state index is 0.163. The van der Waals surface area contributed by atoms with Crippen LogP contribution in [0.2, 0.25) is 10.0 Å². The van der Waals surface area contributed by atoms with Crippen molar-refractivity contribution in [3.05, 3.63) is 86.4 Å². The van der Waals surface area contributed by atoms with Crippen molar-refractivity contribution in [2.45, 2.75) is 44.9 Å². The van der Waals surface area contributed by atoms with E-state index in [9.17, 15) is 13.2 Å². The van der Waals surface area contributed by atoms with Gasteiger partial charge in [-0.3, -0.25) is 9.73 Å². The number of sulfonamides is 1. The van der Waals surface area contributed by atoms with Gasteiger partial charge in [-0.25, -0.2) is 8.42 Å². The molecule has 1 amide bonds. The van der Waals surface area contributed by atoms with Gasteiger partial charge in [-0.2, -0.15) is 14.3 Å². The topological polar surface area (TPSA) is 85.8 Å². The standard InChI is InChI=1S/C28H27Cl2N5O4S/c1-17-24(18(2)26(30)19(3)25(17)29)27-31-39-35-33(27)22-9-5-6-10-23(22)34(35)28(36)20-11-13-21(14-12-20)40(37,38)32-15-7-4-8-16-32/h5-6,9-14H,4,7-8,15-16H2,1-3H3. The van der Waals surface area contributed by atoms with E-state index >= 15 is 0 Å². The summed E-state index contributed by atoms with van der Waals surface area (Å²) in [4.78, 5) is 19.8. The third-order valence-corrected chi connectivity index (χ3v) is 10.7. The molecule has 0 bridgehead atoms. The lowest BCUT2D eigenvalue weighted by Gasteiger charge is -2.26. The number of rotatable bonds is 4. The number of amides is 1. The van der Waals surface area contributed by atoms with E-state index in [0.29, 0.717) is 51.5 Å². The van der Waals surface area contributed by atoms with E-state index in [1.54, 1.807) is 11.1 Å². The predicted molar refractivity (Wildman–Crippen MR) is 155 cm³/mol. The van der Waals surface area contributed by atoms with Crippen LogP contribution in [0.3, 0.4) is 0 Å². The second-order valence-electron chi connectivity index (χ2n) is 10.0. The highest BCUT2D eigenvalue weighted by Crippen LogP contribution is 2.45. The van der Waals surface area contributed by atoms with Gasteiger partial charge in [-0.1, -0.05) is 41.8 Å². The molecule has 1 fully saturated rings. The van der Waals surface area contributed by atoms with Gasteiger partial charge >= 0.3 is 0 Å². The molecule has 3 aromatic rings. The zero-order chi connectivity index (χ0) is 28.3. The highest BCUT2D eigenvalue weighted by molar-refractivity contribution is 7.89. The molecule has 0 N–H and O–H groups in total. The molecule has 0 unspecified atom stereocenters. The average Bonchev–Trinajstić information content (AvgIpc) is 3.54. The van der Waals surface area contributed by atoms with Gasteiger partial charge in [-0.15, -0.1) is 0 Å². The van der Waals surface area contributed by atoms with Crippen LogP contribution in [0.4, 0.5) is 11.4 Å². The van der Waals surface area contributed by atoms with Gasteiger partial charge in [0.2, 0.25) is 15.9 Å². The fourth-order valence-electron chi connectivity index (χ4n) is 5.46. The van der Waals surface area contributed by atoms with Crippen molar-refractivity contribution in [3.63, 3.8) is 0 Å². The summed E-state index contributed by atoms with van der Waals surface area (Å²) in [5.41, 5.74) is 4.60. The van der Waals surface area contributed by atoms with Gasteiger partial charge in [0.1, 0.15) is 0 Å². The van der Waals surface area contributed by atoms with Crippen molar-refractivity contribution in [1.29, 1.82) is 0 Å². The molecule has 3 aliphatic rings. The summed E-state index contributed by atoms with van der Waals surface area (Å²) in [6.07, 6.45) is 2.72. The van der Waals surface area contributed by atoms with Crippen molar-refractivity contribution in [1.82, 2.24) is 9.59 Å². The molecule has 40 heavy (non-hydrogen) atoms. The Morgan fingerprint density at radius 3 is 2.08 bits per heavy atom. The Labute approximate surface area is 243 Å². The van der Waals surface area contributed by atoms with Crippen LogP contribution in [0.5, 0.6) is 0 Å². The number of amidine groups is 1. The maximum atomic E-state index is 13.9. The van der Waals surface area contributed by atoms with Crippen LogP contribution in [0.25, 0.3) is 0 Å². The highest BCUT2D eigenvalue weighted by Gasteiger charge is 2.48. The predicted octanol–water partition coefficient (Wildman–Crippen LogP) is 6.00. The van der Waals surface area contributed by atoms with Gasteiger partial charge in [0, 0.05) is 34.3 Å². The lowest BCUT2D eigenvalue weighted by molar-refractivity contribution is -0.135. The summed E-state index contributed by atoms with van der Waals surface area (Å²) in [5, 5.41) is 9.72. The first-order valence-corrected chi connectivity index (χ1v) is 15.2. The first kappa shape index (κ1) is 27.0. The third kappa shape index (κ3) is 4.09. The number of carbonyl (C=O) groups excluding carboxylic acids is 1. The number of fused-ring (bicyclic) bond motifs is 3. The van der Waals surface area contributed by atoms with Crippen molar-refractivity contribution in [3.8, 4) is 0 Å². The molecule has 0 radical (unpaired) electrons. The number of hydrogen-bond donors (Lipinski definition) is 0. The third-order valence-electron chi connectivity index (χ3n) is 7.62. The molecule has 0 aliphatic carbocycles. The smallest absolute Gasteiger partial charge is 0.267 e. The van der Waals surface area contributed by atoms with Crippen LogP contribution < -0.4 is 10.0 Å². The number of carbonyl (C=O) groups is 1. The normalized spacial score (nSPS) is 17.5. The highest BCUT2D eigenvalue weighted by atomic mass is 35.5. The SMILES string of the molecule is Cc1c(Cl)c(C)c(C2=NON3N(C(=O)c4ccc(S(=O)(=O)N5CCCCC5)cc4)c4ccccc4N23)c(C)c1Cl. The number of oxime groups is 1. The lowest BCUT2D eigenvalue weighted by atomic mass is 9.98. The van der Waals surface area contributed by atoms with E-state index in [1.165, 1.54) is 38.9 Å². The summed E-state index contributed by atoms with van der Waals surface area (Å²) in [5.74, 6) is 0.0197. The van der Waals surface area contributed by atoms with E-state index in [1.807, 2.05) is 39.0 Å². The Kier molecular flexibility index (Phi) is 6.79. The second-order valence-corrected chi connectivity index (χ2v) is 12.7. The van der Waals surface area contributed by atoms with Crippen LogP contribution in [-0.2, 0) is 15.0 Å². The first-order valence-electron chi connectivity index (χ1n) is 13.0. The minimum Gasteiger partial charge on any atom is -0.267 e. The fourth-order valence-corrected chi connectivity index (χ4v) is 7.40.